The van der Waals surface area contributed by atoms with Crippen molar-refractivity contribution in [3.8, 4) is 0 Å². The number of fused-ring (bicyclic) bond motifs is 1. The van der Waals surface area contributed by atoms with Crippen LogP contribution in [0.25, 0.3) is 11.2 Å². The number of aliphatic hydroxyl groups is 1. The summed E-state index contributed by atoms with van der Waals surface area (Å²) < 4.78 is 2.41. The lowest BCUT2D eigenvalue weighted by molar-refractivity contribution is 0.188. The zero-order chi connectivity index (χ0) is 15.6. The maximum Gasteiger partial charge on any atom is 0.332 e. The summed E-state index contributed by atoms with van der Waals surface area (Å²) in [5.41, 5.74) is -0.0871. The maximum absolute atomic E-state index is 12.1. The van der Waals surface area contributed by atoms with Crippen LogP contribution < -0.4 is 11.2 Å². The molecule has 2 heterocycles. The molecule has 116 valence electrons. The summed E-state index contributed by atoms with van der Waals surface area (Å²) in [5, 5.41) is 9.07. The molecule has 0 unspecified atom stereocenters. The summed E-state index contributed by atoms with van der Waals surface area (Å²) in [5.74, 6) is 0.616. The van der Waals surface area contributed by atoms with Crippen molar-refractivity contribution in [1.29, 1.82) is 0 Å². The topological polar surface area (TPSA) is 96.2 Å². The molecule has 0 fully saturated rings. The average Bonchev–Trinajstić information content (AvgIpc) is 2.87. The van der Waals surface area contributed by atoms with Crippen molar-refractivity contribution in [1.82, 2.24) is 24.0 Å². The van der Waals surface area contributed by atoms with E-state index in [0.29, 0.717) is 30.1 Å². The minimum atomic E-state index is -0.397. The van der Waals surface area contributed by atoms with Gasteiger partial charge in [0.2, 0.25) is 0 Å². The van der Waals surface area contributed by atoms with E-state index >= 15 is 0 Å². The third-order valence-electron chi connectivity index (χ3n) is 3.47. The first-order chi connectivity index (χ1) is 9.99. The van der Waals surface area contributed by atoms with Gasteiger partial charge in [0.05, 0.1) is 13.2 Å². The molecule has 2 aromatic rings. The minimum absolute atomic E-state index is 0.0699. The van der Waals surface area contributed by atoms with Gasteiger partial charge in [-0.15, -0.1) is 0 Å². The van der Waals surface area contributed by atoms with Gasteiger partial charge in [0.1, 0.15) is 11.3 Å². The van der Waals surface area contributed by atoms with Gasteiger partial charge >= 0.3 is 5.69 Å². The summed E-state index contributed by atoms with van der Waals surface area (Å²) in [6, 6.07) is 0. The Morgan fingerprint density at radius 2 is 1.95 bits per heavy atom. The minimum Gasteiger partial charge on any atom is -0.395 e. The van der Waals surface area contributed by atoms with Crippen molar-refractivity contribution in [3.63, 3.8) is 0 Å². The summed E-state index contributed by atoms with van der Waals surface area (Å²) in [7, 11) is 3.03. The molecule has 8 heteroatoms. The number of aliphatic hydroxyl groups excluding tert-OH is 1. The average molecular weight is 295 g/mol. The SMILES string of the molecule is CCCN(CCO)Cc1nc2c([nH]1)c(=O)n(C)c(=O)n2C. The molecule has 0 amide bonds. The predicted molar refractivity (Wildman–Crippen MR) is 79.2 cm³/mol. The van der Waals surface area contributed by atoms with Crippen molar-refractivity contribution in [3.05, 3.63) is 26.7 Å². The van der Waals surface area contributed by atoms with Gasteiger partial charge in [-0.1, -0.05) is 6.92 Å². The number of imidazole rings is 1. The highest BCUT2D eigenvalue weighted by Crippen LogP contribution is 2.07. The molecular weight excluding hydrogens is 274 g/mol. The van der Waals surface area contributed by atoms with Crippen LogP contribution in [-0.4, -0.2) is 48.8 Å². The van der Waals surface area contributed by atoms with Gasteiger partial charge in [-0.3, -0.25) is 18.8 Å². The van der Waals surface area contributed by atoms with Gasteiger partial charge in [0.25, 0.3) is 5.56 Å². The van der Waals surface area contributed by atoms with Crippen molar-refractivity contribution >= 4 is 11.2 Å². The third-order valence-corrected chi connectivity index (χ3v) is 3.47. The van der Waals surface area contributed by atoms with E-state index in [0.717, 1.165) is 17.5 Å². The molecule has 0 saturated heterocycles. The van der Waals surface area contributed by atoms with Crippen molar-refractivity contribution in [2.75, 3.05) is 19.7 Å². The molecule has 0 radical (unpaired) electrons. The van der Waals surface area contributed by atoms with Gasteiger partial charge in [-0.25, -0.2) is 9.78 Å². The van der Waals surface area contributed by atoms with Gasteiger partial charge in [-0.05, 0) is 13.0 Å². The van der Waals surface area contributed by atoms with E-state index in [9.17, 15) is 9.59 Å². The van der Waals surface area contributed by atoms with Crippen LogP contribution >= 0.6 is 0 Å². The van der Waals surface area contributed by atoms with Gasteiger partial charge in [-0.2, -0.15) is 0 Å². The van der Waals surface area contributed by atoms with E-state index in [4.69, 9.17) is 5.11 Å². The second-order valence-electron chi connectivity index (χ2n) is 5.09. The van der Waals surface area contributed by atoms with E-state index in [2.05, 4.69) is 16.9 Å². The zero-order valence-electron chi connectivity index (χ0n) is 12.6. The van der Waals surface area contributed by atoms with E-state index in [-0.39, 0.29) is 12.2 Å². The molecule has 2 rings (SSSR count). The van der Waals surface area contributed by atoms with Gasteiger partial charge in [0, 0.05) is 20.6 Å². The molecule has 0 bridgehead atoms. The fourth-order valence-corrected chi connectivity index (χ4v) is 2.39. The summed E-state index contributed by atoms with van der Waals surface area (Å²) in [6.07, 6.45) is 0.959. The highest BCUT2D eigenvalue weighted by atomic mass is 16.3. The number of nitrogens with one attached hydrogen (secondary N) is 1. The molecule has 0 aliphatic rings. The Labute approximate surface area is 121 Å². The lowest BCUT2D eigenvalue weighted by atomic mass is 10.4. The van der Waals surface area contributed by atoms with Crippen LogP contribution in [0, 0.1) is 0 Å². The molecule has 21 heavy (non-hydrogen) atoms. The van der Waals surface area contributed by atoms with Gasteiger partial charge < -0.3 is 10.1 Å². The number of hydrogen-bond acceptors (Lipinski definition) is 5. The van der Waals surface area contributed by atoms with E-state index in [1.54, 1.807) is 7.05 Å². The summed E-state index contributed by atoms with van der Waals surface area (Å²) in [6.45, 7) is 4.00. The highest BCUT2D eigenvalue weighted by molar-refractivity contribution is 5.69. The Morgan fingerprint density at radius 1 is 1.24 bits per heavy atom. The van der Waals surface area contributed by atoms with Crippen LogP contribution in [0.5, 0.6) is 0 Å². The fourth-order valence-electron chi connectivity index (χ4n) is 2.39. The first kappa shape index (κ1) is 15.5. The monoisotopic (exact) mass is 295 g/mol. The Hall–Kier alpha value is -1.93. The van der Waals surface area contributed by atoms with Crippen molar-refractivity contribution < 1.29 is 5.11 Å². The molecule has 8 nitrogen and oxygen atoms in total. The standard InChI is InChI=1S/C13H21N5O3/c1-4-5-18(6-7-19)8-9-14-10-11(15-9)16(2)13(21)17(3)12(10)20/h19H,4-8H2,1-3H3,(H,14,15). The Morgan fingerprint density at radius 3 is 2.57 bits per heavy atom. The van der Waals surface area contributed by atoms with Gasteiger partial charge in [0.15, 0.2) is 5.65 Å². The Kier molecular flexibility index (Phi) is 4.59. The lowest BCUT2D eigenvalue weighted by Crippen LogP contribution is -2.36. The lowest BCUT2D eigenvalue weighted by Gasteiger charge is -2.18. The second-order valence-corrected chi connectivity index (χ2v) is 5.09. The molecule has 0 atom stereocenters. The first-order valence-corrected chi connectivity index (χ1v) is 6.97. The summed E-state index contributed by atoms with van der Waals surface area (Å²) >= 11 is 0. The molecule has 0 saturated carbocycles. The van der Waals surface area contributed by atoms with Crippen LogP contribution in [0.3, 0.4) is 0 Å². The maximum atomic E-state index is 12.1. The van der Waals surface area contributed by atoms with E-state index in [1.807, 2.05) is 4.90 Å². The molecule has 0 aromatic carbocycles. The zero-order valence-corrected chi connectivity index (χ0v) is 12.6. The highest BCUT2D eigenvalue weighted by Gasteiger charge is 2.14. The van der Waals surface area contributed by atoms with Crippen LogP contribution in [0.4, 0.5) is 0 Å². The second kappa shape index (κ2) is 6.23. The number of aryl methyl sites for hydroxylation is 1. The predicted octanol–water partition coefficient (Wildman–Crippen LogP) is -0.835. The number of rotatable bonds is 6. The molecule has 2 aromatic heterocycles. The van der Waals surface area contributed by atoms with Crippen molar-refractivity contribution in [2.45, 2.75) is 19.9 Å². The van der Waals surface area contributed by atoms with Crippen LogP contribution in [-0.2, 0) is 20.6 Å². The van der Waals surface area contributed by atoms with Crippen LogP contribution in [0.2, 0.25) is 0 Å². The number of hydrogen-bond donors (Lipinski definition) is 2. The molecule has 0 aliphatic carbocycles. The fraction of sp³-hybridized carbons (Fsp3) is 0.615. The Balaban J connectivity index is 2.44. The quantitative estimate of drug-likeness (QED) is 0.725. The van der Waals surface area contributed by atoms with Crippen LogP contribution in [0.1, 0.15) is 19.2 Å². The first-order valence-electron chi connectivity index (χ1n) is 6.97. The van der Waals surface area contributed by atoms with E-state index < -0.39 is 5.69 Å². The van der Waals surface area contributed by atoms with Crippen molar-refractivity contribution in [2.24, 2.45) is 14.1 Å². The number of nitrogens with zero attached hydrogens (tertiary/aromatic N) is 4. The summed E-state index contributed by atoms with van der Waals surface area (Å²) in [4.78, 5) is 33.3. The molecule has 2 N–H and O–H groups in total. The van der Waals surface area contributed by atoms with E-state index in [1.165, 1.54) is 11.6 Å². The normalized spacial score (nSPS) is 11.7. The Bertz CT molecular complexity index is 737. The number of aromatic nitrogens is 4. The van der Waals surface area contributed by atoms with Crippen LogP contribution in [0.15, 0.2) is 9.59 Å². The smallest absolute Gasteiger partial charge is 0.332 e. The largest absolute Gasteiger partial charge is 0.395 e. The number of H-pyrrole nitrogens is 1. The third kappa shape index (κ3) is 2.91. The molecule has 0 spiro atoms. The molecular formula is C13H21N5O3. The molecule has 0 aliphatic heterocycles. The number of aromatic amines is 1.